The van der Waals surface area contributed by atoms with Crippen LogP contribution in [0.15, 0.2) is 18.2 Å². The Morgan fingerprint density at radius 3 is 2.75 bits per heavy atom. The third-order valence-electron chi connectivity index (χ3n) is 4.79. The molecule has 3 rings (SSSR count). The topological polar surface area (TPSA) is 15.7 Å². The maximum atomic E-state index is 5.42. The quantitative estimate of drug-likeness (QED) is 0.842. The molecule has 2 aliphatic heterocycles. The highest BCUT2D eigenvalue weighted by Crippen LogP contribution is 2.29. The lowest BCUT2D eigenvalue weighted by molar-refractivity contribution is 0.0341. The lowest BCUT2D eigenvalue weighted by atomic mass is 9.92. The maximum absolute atomic E-state index is 5.42. The Bertz CT molecular complexity index is 454. The van der Waals surface area contributed by atoms with Gasteiger partial charge in [-0.3, -0.25) is 9.80 Å². The van der Waals surface area contributed by atoms with E-state index in [0.29, 0.717) is 6.04 Å². The van der Waals surface area contributed by atoms with Gasteiger partial charge in [-0.25, -0.2) is 0 Å². The summed E-state index contributed by atoms with van der Waals surface area (Å²) in [4.78, 5) is 5.06. The second kappa shape index (κ2) is 6.25. The Morgan fingerprint density at radius 1 is 1.20 bits per heavy atom. The van der Waals surface area contributed by atoms with E-state index in [2.05, 4.69) is 41.8 Å². The molecule has 0 aliphatic carbocycles. The molecule has 20 heavy (non-hydrogen) atoms. The zero-order valence-electron chi connectivity index (χ0n) is 12.8. The number of morpholine rings is 1. The number of benzene rings is 1. The van der Waals surface area contributed by atoms with Crippen LogP contribution >= 0.6 is 0 Å². The van der Waals surface area contributed by atoms with Crippen molar-refractivity contribution < 1.29 is 4.74 Å². The van der Waals surface area contributed by atoms with Crippen molar-refractivity contribution in [1.82, 2.24) is 9.80 Å². The van der Waals surface area contributed by atoms with Gasteiger partial charge in [0.05, 0.1) is 13.2 Å². The van der Waals surface area contributed by atoms with E-state index in [1.165, 1.54) is 24.1 Å². The van der Waals surface area contributed by atoms with Gasteiger partial charge in [0, 0.05) is 32.2 Å². The van der Waals surface area contributed by atoms with Crippen molar-refractivity contribution in [1.29, 1.82) is 0 Å². The van der Waals surface area contributed by atoms with Gasteiger partial charge in [0.1, 0.15) is 0 Å². The molecule has 3 nitrogen and oxygen atoms in total. The van der Waals surface area contributed by atoms with E-state index in [4.69, 9.17) is 4.74 Å². The van der Waals surface area contributed by atoms with Crippen molar-refractivity contribution in [2.75, 3.05) is 39.4 Å². The fraction of sp³-hybridized carbons (Fsp3) is 0.647. The number of fused-ring (bicyclic) bond motifs is 1. The van der Waals surface area contributed by atoms with Crippen LogP contribution in [0.1, 0.15) is 36.6 Å². The highest BCUT2D eigenvalue weighted by molar-refractivity contribution is 5.36. The normalized spacial score (nSPS) is 24.6. The first-order chi connectivity index (χ1) is 9.78. The highest BCUT2D eigenvalue weighted by atomic mass is 16.5. The number of ether oxygens (including phenoxy) is 1. The van der Waals surface area contributed by atoms with Crippen LogP contribution in [-0.2, 0) is 17.7 Å². The summed E-state index contributed by atoms with van der Waals surface area (Å²) in [5, 5.41) is 0. The van der Waals surface area contributed by atoms with Crippen molar-refractivity contribution >= 4 is 0 Å². The Hall–Kier alpha value is -0.900. The minimum Gasteiger partial charge on any atom is -0.379 e. The molecule has 0 bridgehead atoms. The second-order valence-electron chi connectivity index (χ2n) is 5.98. The van der Waals surface area contributed by atoms with Gasteiger partial charge < -0.3 is 4.74 Å². The van der Waals surface area contributed by atoms with Gasteiger partial charge in [0.25, 0.3) is 0 Å². The van der Waals surface area contributed by atoms with Crippen molar-refractivity contribution in [3.8, 4) is 0 Å². The summed E-state index contributed by atoms with van der Waals surface area (Å²) in [5.74, 6) is 0. The van der Waals surface area contributed by atoms with Gasteiger partial charge in [-0.05, 0) is 36.6 Å². The summed E-state index contributed by atoms with van der Waals surface area (Å²) in [7, 11) is 0. The Balaban J connectivity index is 1.73. The monoisotopic (exact) mass is 274 g/mol. The van der Waals surface area contributed by atoms with Gasteiger partial charge in [0.15, 0.2) is 0 Å². The zero-order valence-corrected chi connectivity index (χ0v) is 12.8. The predicted molar refractivity (Wildman–Crippen MR) is 81.9 cm³/mol. The molecule has 1 fully saturated rings. The van der Waals surface area contributed by atoms with E-state index >= 15 is 0 Å². The van der Waals surface area contributed by atoms with Crippen molar-refractivity contribution in [2.24, 2.45) is 0 Å². The molecule has 0 N–H and O–H groups in total. The summed E-state index contributed by atoms with van der Waals surface area (Å²) in [6, 6.07) is 7.69. The zero-order chi connectivity index (χ0) is 13.9. The van der Waals surface area contributed by atoms with Crippen LogP contribution in [0, 0.1) is 0 Å². The van der Waals surface area contributed by atoms with Gasteiger partial charge >= 0.3 is 0 Å². The SMILES string of the molecule is CCN1CCc2cc(CN3CCOCC3)ccc2C1C. The van der Waals surface area contributed by atoms with Crippen LogP contribution in [0.5, 0.6) is 0 Å². The second-order valence-corrected chi connectivity index (χ2v) is 5.98. The Labute approximate surface area is 122 Å². The minimum atomic E-state index is 0.571. The molecule has 0 spiro atoms. The molecule has 1 saturated heterocycles. The summed E-state index contributed by atoms with van der Waals surface area (Å²) >= 11 is 0. The first kappa shape index (κ1) is 14.1. The molecule has 2 heterocycles. The first-order valence-corrected chi connectivity index (χ1v) is 7.93. The van der Waals surface area contributed by atoms with Crippen LogP contribution in [0.2, 0.25) is 0 Å². The molecule has 1 unspecified atom stereocenters. The molecular weight excluding hydrogens is 248 g/mol. The van der Waals surface area contributed by atoms with Crippen molar-refractivity contribution in [3.05, 3.63) is 34.9 Å². The third kappa shape index (κ3) is 2.90. The number of hydrogen-bond donors (Lipinski definition) is 0. The van der Waals surface area contributed by atoms with E-state index in [0.717, 1.165) is 39.4 Å². The largest absolute Gasteiger partial charge is 0.379 e. The molecule has 1 atom stereocenters. The highest BCUT2D eigenvalue weighted by Gasteiger charge is 2.22. The van der Waals surface area contributed by atoms with Crippen LogP contribution in [0.4, 0.5) is 0 Å². The van der Waals surface area contributed by atoms with Crippen molar-refractivity contribution in [2.45, 2.75) is 32.9 Å². The third-order valence-corrected chi connectivity index (χ3v) is 4.79. The van der Waals surface area contributed by atoms with Crippen LogP contribution in [0.25, 0.3) is 0 Å². The molecule has 3 heteroatoms. The molecule has 0 saturated carbocycles. The summed E-state index contributed by atoms with van der Waals surface area (Å²) < 4.78 is 5.42. The minimum absolute atomic E-state index is 0.571. The summed E-state index contributed by atoms with van der Waals surface area (Å²) in [5.41, 5.74) is 4.56. The smallest absolute Gasteiger partial charge is 0.0594 e. The number of rotatable bonds is 3. The summed E-state index contributed by atoms with van der Waals surface area (Å²) in [6.07, 6.45) is 1.20. The molecule has 110 valence electrons. The molecule has 0 radical (unpaired) electrons. The first-order valence-electron chi connectivity index (χ1n) is 7.93. The Morgan fingerprint density at radius 2 is 2.00 bits per heavy atom. The molecule has 1 aromatic rings. The van der Waals surface area contributed by atoms with E-state index < -0.39 is 0 Å². The summed E-state index contributed by atoms with van der Waals surface area (Å²) in [6.45, 7) is 11.9. The fourth-order valence-corrected chi connectivity index (χ4v) is 3.49. The van der Waals surface area contributed by atoms with Crippen LogP contribution in [-0.4, -0.2) is 49.2 Å². The van der Waals surface area contributed by atoms with Gasteiger partial charge in [-0.2, -0.15) is 0 Å². The predicted octanol–water partition coefficient (Wildman–Crippen LogP) is 2.46. The molecular formula is C17H26N2O. The molecule has 2 aliphatic rings. The van der Waals surface area contributed by atoms with E-state index in [1.807, 2.05) is 0 Å². The Kier molecular flexibility index (Phi) is 4.39. The number of hydrogen-bond acceptors (Lipinski definition) is 3. The van der Waals surface area contributed by atoms with Crippen LogP contribution < -0.4 is 0 Å². The number of likely N-dealkylation sites (N-methyl/N-ethyl adjacent to an activating group) is 1. The number of nitrogens with zero attached hydrogens (tertiary/aromatic N) is 2. The van der Waals surface area contributed by atoms with Gasteiger partial charge in [-0.15, -0.1) is 0 Å². The van der Waals surface area contributed by atoms with E-state index in [-0.39, 0.29) is 0 Å². The fourth-order valence-electron chi connectivity index (χ4n) is 3.49. The lowest BCUT2D eigenvalue weighted by Gasteiger charge is -2.35. The van der Waals surface area contributed by atoms with Crippen molar-refractivity contribution in [3.63, 3.8) is 0 Å². The van der Waals surface area contributed by atoms with Crippen LogP contribution in [0.3, 0.4) is 0 Å². The average molecular weight is 274 g/mol. The maximum Gasteiger partial charge on any atom is 0.0594 e. The van der Waals surface area contributed by atoms with Gasteiger partial charge in [-0.1, -0.05) is 25.1 Å². The molecule has 0 aromatic heterocycles. The van der Waals surface area contributed by atoms with E-state index in [1.54, 1.807) is 5.56 Å². The van der Waals surface area contributed by atoms with Gasteiger partial charge in [0.2, 0.25) is 0 Å². The lowest BCUT2D eigenvalue weighted by Crippen LogP contribution is -2.36. The van der Waals surface area contributed by atoms with E-state index in [9.17, 15) is 0 Å². The molecule has 1 aromatic carbocycles. The standard InChI is InChI=1S/C17H26N2O/c1-3-19-7-6-16-12-15(4-5-17(16)14(19)2)13-18-8-10-20-11-9-18/h4-5,12,14H,3,6-11,13H2,1-2H3. The molecule has 0 amide bonds. The average Bonchev–Trinajstić information content (AvgIpc) is 2.49.